The number of rotatable bonds is 11. The van der Waals surface area contributed by atoms with E-state index in [1.54, 1.807) is 18.0 Å². The highest BCUT2D eigenvalue weighted by Gasteiger charge is 2.50. The molecule has 0 saturated carbocycles. The van der Waals surface area contributed by atoms with Crippen LogP contribution in [-0.4, -0.2) is 38.5 Å². The minimum atomic E-state index is -2.18. The summed E-state index contributed by atoms with van der Waals surface area (Å²) >= 11 is 1.63. The monoisotopic (exact) mass is 714 g/mol. The lowest BCUT2D eigenvalue weighted by Gasteiger charge is -2.48. The highest BCUT2D eigenvalue weighted by Crippen LogP contribution is 2.48. The van der Waals surface area contributed by atoms with E-state index < -0.39 is 16.6 Å². The van der Waals surface area contributed by atoms with E-state index in [0.29, 0.717) is 5.75 Å². The van der Waals surface area contributed by atoms with Crippen molar-refractivity contribution < 1.29 is 18.0 Å². The maximum absolute atomic E-state index is 14.1. The van der Waals surface area contributed by atoms with Crippen LogP contribution in [0.4, 0.5) is 10.1 Å². The summed E-state index contributed by atoms with van der Waals surface area (Å²) in [7, 11) is -4.19. The van der Waals surface area contributed by atoms with Crippen molar-refractivity contribution in [1.29, 1.82) is 0 Å². The quantitative estimate of drug-likeness (QED) is 0.114. The van der Waals surface area contributed by atoms with E-state index in [9.17, 15) is 9.18 Å². The molecule has 3 atom stereocenters. The summed E-state index contributed by atoms with van der Waals surface area (Å²) in [4.78, 5) is 20.3. The molecule has 0 aliphatic carbocycles. The number of hydrogen-bond acceptors (Lipinski definition) is 5. The van der Waals surface area contributed by atoms with Gasteiger partial charge in [-0.25, -0.2) is 4.39 Å². The van der Waals surface area contributed by atoms with Crippen molar-refractivity contribution in [1.82, 2.24) is 4.98 Å². The van der Waals surface area contributed by atoms with E-state index in [-0.39, 0.29) is 39.2 Å². The zero-order chi connectivity index (χ0) is 35.8. The van der Waals surface area contributed by atoms with Crippen LogP contribution in [0.2, 0.25) is 36.3 Å². The topological polar surface area (TPSA) is 51.7 Å². The third-order valence-electron chi connectivity index (χ3n) is 10.5. The molecule has 0 unspecified atom stereocenters. The third kappa shape index (κ3) is 8.22. The Hall–Kier alpha value is -3.25. The average Bonchev–Trinajstić information content (AvgIpc) is 3.03. The molecule has 1 aliphatic heterocycles. The minimum Gasteiger partial charge on any atom is -0.544 e. The fourth-order valence-electron chi connectivity index (χ4n) is 5.36. The molecule has 0 bridgehead atoms. The van der Waals surface area contributed by atoms with Crippen LogP contribution in [0.1, 0.15) is 64.8 Å². The number of aromatic nitrogens is 1. The van der Waals surface area contributed by atoms with Gasteiger partial charge in [-0.1, -0.05) is 84.0 Å². The Bertz CT molecular complexity index is 1720. The van der Waals surface area contributed by atoms with E-state index in [2.05, 4.69) is 84.8 Å². The van der Waals surface area contributed by atoms with Crippen LogP contribution in [0.3, 0.4) is 0 Å². The van der Waals surface area contributed by atoms with Crippen molar-refractivity contribution in [2.24, 2.45) is 0 Å². The average molecular weight is 715 g/mol. The van der Waals surface area contributed by atoms with Gasteiger partial charge in [0.05, 0.1) is 12.1 Å². The maximum Gasteiger partial charge on any atom is 0.250 e. The van der Waals surface area contributed by atoms with E-state index in [1.807, 2.05) is 71.8 Å². The highest BCUT2D eigenvalue weighted by molar-refractivity contribution is 8.00. The number of benzene rings is 3. The van der Waals surface area contributed by atoms with E-state index in [4.69, 9.17) is 8.85 Å². The molecule has 0 N–H and O–H groups in total. The van der Waals surface area contributed by atoms with Gasteiger partial charge in [0, 0.05) is 23.8 Å². The molecule has 49 heavy (non-hydrogen) atoms. The van der Waals surface area contributed by atoms with Gasteiger partial charge in [-0.3, -0.25) is 9.78 Å². The van der Waals surface area contributed by atoms with Gasteiger partial charge in [0.2, 0.25) is 14.2 Å². The Morgan fingerprint density at radius 1 is 0.816 bits per heavy atom. The van der Waals surface area contributed by atoms with Gasteiger partial charge in [0.15, 0.2) is 8.32 Å². The number of carbonyl (C=O) groups excluding carboxylic acids is 1. The highest BCUT2D eigenvalue weighted by atomic mass is 32.2. The fourth-order valence-corrected chi connectivity index (χ4v) is 9.16. The Morgan fingerprint density at radius 3 is 1.98 bits per heavy atom. The molecule has 1 fully saturated rings. The molecular formula is C40H51FN2O3SSi2. The molecule has 5 nitrogen and oxygen atoms in total. The van der Waals surface area contributed by atoms with Gasteiger partial charge >= 0.3 is 0 Å². The Balaban J connectivity index is 1.44. The number of amides is 1. The van der Waals surface area contributed by atoms with Crippen LogP contribution < -0.4 is 9.33 Å². The molecule has 1 saturated heterocycles. The normalized spacial score (nSPS) is 17.9. The predicted octanol–water partition coefficient (Wildman–Crippen LogP) is 11.2. The van der Waals surface area contributed by atoms with Crippen LogP contribution in [0, 0.1) is 5.82 Å². The van der Waals surface area contributed by atoms with Crippen LogP contribution in [0.15, 0.2) is 97.3 Å². The summed E-state index contributed by atoms with van der Waals surface area (Å²) in [5, 5.41) is -0.228. The van der Waals surface area contributed by atoms with E-state index >= 15 is 0 Å². The van der Waals surface area contributed by atoms with Crippen molar-refractivity contribution in [3.05, 3.63) is 114 Å². The molecule has 0 radical (unpaired) electrons. The van der Waals surface area contributed by atoms with Gasteiger partial charge in [-0.15, -0.1) is 11.8 Å². The zero-order valence-corrected chi connectivity index (χ0v) is 33.4. The molecule has 260 valence electrons. The molecule has 5 rings (SSSR count). The summed E-state index contributed by atoms with van der Waals surface area (Å²) < 4.78 is 27.5. The second kappa shape index (κ2) is 14.2. The van der Waals surface area contributed by atoms with Gasteiger partial charge < -0.3 is 13.8 Å². The number of pyridine rings is 1. The zero-order valence-electron chi connectivity index (χ0n) is 30.6. The second-order valence-electron chi connectivity index (χ2n) is 16.0. The van der Waals surface area contributed by atoms with Gasteiger partial charge in [0.25, 0.3) is 0 Å². The maximum atomic E-state index is 14.1. The van der Waals surface area contributed by atoms with Crippen LogP contribution >= 0.6 is 11.8 Å². The first-order valence-corrected chi connectivity index (χ1v) is 23.9. The van der Waals surface area contributed by atoms with Gasteiger partial charge in [0.1, 0.15) is 16.8 Å². The number of halogens is 1. The van der Waals surface area contributed by atoms with Crippen LogP contribution in [-0.2, 0) is 9.22 Å². The molecular weight excluding hydrogens is 664 g/mol. The number of nitrogens with zero attached hydrogens (tertiary/aromatic N) is 2. The van der Waals surface area contributed by atoms with Crippen LogP contribution in [0.25, 0.3) is 11.1 Å². The minimum absolute atomic E-state index is 0.00221. The standard InChI is InChI=1S/C40H51FN2O3SSi2/c1-39(2,3)48(7,8)45-34-23-17-30(18-24-34)36-37(38(44)43(36)33-21-15-28(16-22-33)31-12-11-25-42-26-31)47-27-35(29-13-19-32(41)20-14-29)46-49(9,10)40(4,5)6/h11-26,35-37H,27H2,1-10H3/t35-,36+,37+/m0/s1. The SMILES string of the molecule is CC(C)(C)[Si](C)(C)Oc1ccc([C@@H]2[C@@H](SC[C@H](O[Si](C)(C)C(C)(C)C)c3ccc(F)cc3)C(=O)N2c2ccc(-c3cccnc3)cc2)cc1. The van der Waals surface area contributed by atoms with Crippen molar-refractivity contribution in [3.8, 4) is 16.9 Å². The molecule has 1 amide bonds. The lowest BCUT2D eigenvalue weighted by molar-refractivity contribution is -0.123. The number of anilines is 1. The lowest BCUT2D eigenvalue weighted by Crippen LogP contribution is -2.58. The second-order valence-corrected chi connectivity index (χ2v) is 26.7. The van der Waals surface area contributed by atoms with Crippen molar-refractivity contribution in [2.45, 2.75) is 95.2 Å². The number of β-lactam (4-membered cyclic amide) rings is 1. The summed E-state index contributed by atoms with van der Waals surface area (Å²) in [6.45, 7) is 22.3. The van der Waals surface area contributed by atoms with Gasteiger partial charge in [-0.2, -0.15) is 0 Å². The first-order valence-electron chi connectivity index (χ1n) is 17.1. The first kappa shape index (κ1) is 37.0. The molecule has 0 spiro atoms. The number of hydrogen-bond donors (Lipinski definition) is 0. The van der Waals surface area contributed by atoms with Crippen molar-refractivity contribution in [2.75, 3.05) is 10.7 Å². The summed E-state index contributed by atoms with van der Waals surface area (Å²) in [6, 6.07) is 26.8. The molecule has 1 aliphatic rings. The largest absolute Gasteiger partial charge is 0.544 e. The number of thioether (sulfide) groups is 1. The third-order valence-corrected chi connectivity index (χ3v) is 20.7. The summed E-state index contributed by atoms with van der Waals surface area (Å²) in [6.07, 6.45) is 3.34. The Kier molecular flexibility index (Phi) is 10.7. The van der Waals surface area contributed by atoms with Gasteiger partial charge in [-0.05, 0) is 101 Å². The molecule has 9 heteroatoms. The molecule has 2 heterocycles. The predicted molar refractivity (Wildman–Crippen MR) is 208 cm³/mol. The Labute approximate surface area is 298 Å². The van der Waals surface area contributed by atoms with Crippen LogP contribution in [0.5, 0.6) is 5.75 Å². The number of carbonyl (C=O) groups is 1. The van der Waals surface area contributed by atoms with Crippen molar-refractivity contribution in [3.63, 3.8) is 0 Å². The molecule has 3 aromatic carbocycles. The lowest BCUT2D eigenvalue weighted by atomic mass is 9.92. The summed E-state index contributed by atoms with van der Waals surface area (Å²) in [5.74, 6) is 1.22. The van der Waals surface area contributed by atoms with E-state index in [1.165, 1.54) is 12.1 Å². The van der Waals surface area contributed by atoms with E-state index in [0.717, 1.165) is 33.7 Å². The first-order chi connectivity index (χ1) is 22.9. The Morgan fingerprint density at radius 2 is 1.43 bits per heavy atom. The smallest absolute Gasteiger partial charge is 0.250 e. The fraction of sp³-hybridized carbons (Fsp3) is 0.400. The van der Waals surface area contributed by atoms with Crippen molar-refractivity contribution >= 4 is 40.0 Å². The molecule has 1 aromatic heterocycles. The summed E-state index contributed by atoms with van der Waals surface area (Å²) in [5.41, 5.74) is 4.91. The molecule has 4 aromatic rings.